The lowest BCUT2D eigenvalue weighted by atomic mass is 9.81. The summed E-state index contributed by atoms with van der Waals surface area (Å²) in [6, 6.07) is 0. The molecule has 1 heterocycles. The Bertz CT molecular complexity index is 377. The third-order valence-corrected chi connectivity index (χ3v) is 3.32. The Kier molecular flexibility index (Phi) is 2.70. The van der Waals surface area contributed by atoms with Crippen LogP contribution in [0.5, 0.6) is 0 Å². The third-order valence-electron chi connectivity index (χ3n) is 3.32. The van der Waals surface area contributed by atoms with Crippen LogP contribution in [0.15, 0.2) is 11.6 Å². The number of ether oxygens (including phenoxy) is 1. The van der Waals surface area contributed by atoms with Gasteiger partial charge >= 0.3 is 0 Å². The highest BCUT2D eigenvalue weighted by Crippen LogP contribution is 2.41. The molecular weight excluding hydrogens is 224 g/mol. The summed E-state index contributed by atoms with van der Waals surface area (Å²) in [6.07, 6.45) is -0.523. The second-order valence-corrected chi connectivity index (χ2v) is 5.63. The summed E-state index contributed by atoms with van der Waals surface area (Å²) in [5.74, 6) is -0.428. The number of epoxide rings is 1. The van der Waals surface area contributed by atoms with E-state index in [9.17, 15) is 20.1 Å². The number of hydrogen-bond acceptors (Lipinski definition) is 5. The van der Waals surface area contributed by atoms with E-state index in [2.05, 4.69) is 0 Å². The van der Waals surface area contributed by atoms with E-state index in [4.69, 9.17) is 4.74 Å². The van der Waals surface area contributed by atoms with Crippen LogP contribution in [0.25, 0.3) is 0 Å². The van der Waals surface area contributed by atoms with Gasteiger partial charge in [0.1, 0.15) is 17.8 Å². The van der Waals surface area contributed by atoms with Gasteiger partial charge in [0, 0.05) is 6.42 Å². The minimum Gasteiger partial charge on any atom is -0.389 e. The first-order valence-corrected chi connectivity index (χ1v) is 5.67. The molecule has 0 saturated carbocycles. The van der Waals surface area contributed by atoms with E-state index in [1.54, 1.807) is 13.8 Å². The van der Waals surface area contributed by atoms with Gasteiger partial charge in [-0.05, 0) is 32.4 Å². The number of aliphatic hydroxyl groups is 3. The van der Waals surface area contributed by atoms with Crippen molar-refractivity contribution < 1.29 is 24.9 Å². The highest BCUT2D eigenvalue weighted by atomic mass is 16.6. The Balaban J connectivity index is 2.17. The van der Waals surface area contributed by atoms with Crippen molar-refractivity contribution in [1.29, 1.82) is 0 Å². The molecule has 2 rings (SSSR count). The lowest BCUT2D eigenvalue weighted by Gasteiger charge is -2.29. The van der Waals surface area contributed by atoms with E-state index < -0.39 is 35.3 Å². The second-order valence-electron chi connectivity index (χ2n) is 5.63. The normalized spacial score (nSPS) is 42.4. The van der Waals surface area contributed by atoms with Crippen LogP contribution in [0.3, 0.4) is 0 Å². The van der Waals surface area contributed by atoms with Crippen LogP contribution >= 0.6 is 0 Å². The molecule has 1 aliphatic carbocycles. The average Bonchev–Trinajstić information content (AvgIpc) is 2.88. The molecule has 1 aliphatic heterocycles. The van der Waals surface area contributed by atoms with Crippen LogP contribution in [-0.4, -0.2) is 50.6 Å². The molecule has 5 heteroatoms. The zero-order valence-electron chi connectivity index (χ0n) is 10.2. The molecule has 0 aromatic carbocycles. The number of ketones is 1. The smallest absolute Gasteiger partial charge is 0.187 e. The summed E-state index contributed by atoms with van der Waals surface area (Å²) in [5, 5.41) is 29.3. The van der Waals surface area contributed by atoms with Crippen molar-refractivity contribution in [3.05, 3.63) is 11.6 Å². The summed E-state index contributed by atoms with van der Waals surface area (Å²) in [7, 11) is 0. The molecule has 3 N–H and O–H groups in total. The first-order chi connectivity index (χ1) is 7.63. The van der Waals surface area contributed by atoms with E-state index in [0.717, 1.165) is 0 Å². The van der Waals surface area contributed by atoms with Crippen LogP contribution < -0.4 is 0 Å². The van der Waals surface area contributed by atoms with Crippen LogP contribution in [0.2, 0.25) is 0 Å². The zero-order valence-corrected chi connectivity index (χ0v) is 10.2. The summed E-state index contributed by atoms with van der Waals surface area (Å²) < 4.78 is 5.30. The van der Waals surface area contributed by atoms with Gasteiger partial charge in [0.2, 0.25) is 0 Å². The van der Waals surface area contributed by atoms with Gasteiger partial charge in [-0.15, -0.1) is 0 Å². The monoisotopic (exact) mass is 242 g/mol. The Hall–Kier alpha value is -0.750. The van der Waals surface area contributed by atoms with E-state index in [1.807, 2.05) is 0 Å². The topological polar surface area (TPSA) is 90.3 Å². The van der Waals surface area contributed by atoms with Gasteiger partial charge in [0.15, 0.2) is 5.78 Å². The quantitative estimate of drug-likeness (QED) is 0.570. The predicted molar refractivity (Wildman–Crippen MR) is 59.3 cm³/mol. The summed E-state index contributed by atoms with van der Waals surface area (Å²) in [5.41, 5.74) is -2.07. The van der Waals surface area contributed by atoms with Crippen LogP contribution in [0, 0.1) is 0 Å². The molecule has 5 nitrogen and oxygen atoms in total. The van der Waals surface area contributed by atoms with Gasteiger partial charge in [-0.25, -0.2) is 0 Å². The first-order valence-electron chi connectivity index (χ1n) is 5.67. The lowest BCUT2D eigenvalue weighted by molar-refractivity contribution is -0.134. The van der Waals surface area contributed by atoms with Crippen molar-refractivity contribution in [3.8, 4) is 0 Å². The third kappa shape index (κ3) is 2.28. The highest BCUT2D eigenvalue weighted by molar-refractivity contribution is 5.98. The number of carbonyl (C=O) groups excluding carboxylic acids is 1. The number of aliphatic hydroxyl groups excluding tert-OH is 1. The van der Waals surface area contributed by atoms with Gasteiger partial charge in [-0.1, -0.05) is 0 Å². The van der Waals surface area contributed by atoms with E-state index in [1.165, 1.54) is 13.0 Å². The molecule has 96 valence electrons. The molecule has 1 saturated heterocycles. The maximum absolute atomic E-state index is 11.6. The zero-order chi connectivity index (χ0) is 13.0. The first kappa shape index (κ1) is 12.7. The number of hydrogen-bond donors (Lipinski definition) is 3. The largest absolute Gasteiger partial charge is 0.389 e. The fraction of sp³-hybridized carbons (Fsp3) is 0.750. The van der Waals surface area contributed by atoms with E-state index in [0.29, 0.717) is 5.57 Å². The molecular formula is C12H18O5. The summed E-state index contributed by atoms with van der Waals surface area (Å²) >= 11 is 0. The molecule has 2 aliphatic rings. The van der Waals surface area contributed by atoms with Crippen LogP contribution in [0.1, 0.15) is 27.2 Å². The molecule has 0 radical (unpaired) electrons. The maximum atomic E-state index is 11.6. The minimum absolute atomic E-state index is 0.0316. The summed E-state index contributed by atoms with van der Waals surface area (Å²) in [6.45, 7) is 4.61. The van der Waals surface area contributed by atoms with E-state index >= 15 is 0 Å². The Morgan fingerprint density at radius 2 is 2.12 bits per heavy atom. The average molecular weight is 242 g/mol. The summed E-state index contributed by atoms with van der Waals surface area (Å²) in [4.78, 5) is 11.6. The Labute approximate surface area is 99.7 Å². The highest BCUT2D eigenvalue weighted by Gasteiger charge is 2.54. The lowest BCUT2D eigenvalue weighted by Crippen LogP contribution is -2.43. The predicted octanol–water partition coefficient (Wildman–Crippen LogP) is -0.464. The second kappa shape index (κ2) is 3.62. The van der Waals surface area contributed by atoms with Crippen LogP contribution in [-0.2, 0) is 9.53 Å². The molecule has 0 unspecified atom stereocenters. The van der Waals surface area contributed by atoms with E-state index in [-0.39, 0.29) is 6.42 Å². The van der Waals surface area contributed by atoms with Gasteiger partial charge < -0.3 is 20.1 Å². The molecule has 0 amide bonds. The fourth-order valence-electron chi connectivity index (χ4n) is 2.17. The van der Waals surface area contributed by atoms with Gasteiger partial charge in [0.05, 0.1) is 11.7 Å². The molecule has 0 spiro atoms. The standard InChI is InChI=1S/C12H18O5/c1-11(2,15)10-9(17-10)6-4-8(14)12(3,16)5-7(6)13/h4,7,9-10,13,15-16H,5H2,1-3H3/t7-,9-,10-,12+/m0/s1. The Morgan fingerprint density at radius 3 is 2.59 bits per heavy atom. The van der Waals surface area contributed by atoms with Crippen molar-refractivity contribution in [3.63, 3.8) is 0 Å². The van der Waals surface area contributed by atoms with Crippen LogP contribution in [0.4, 0.5) is 0 Å². The molecule has 0 aromatic heterocycles. The maximum Gasteiger partial charge on any atom is 0.187 e. The molecule has 1 fully saturated rings. The van der Waals surface area contributed by atoms with Gasteiger partial charge in [0.25, 0.3) is 0 Å². The Morgan fingerprint density at radius 1 is 1.53 bits per heavy atom. The van der Waals surface area contributed by atoms with Gasteiger partial charge in [-0.2, -0.15) is 0 Å². The SMILES string of the molecule is CC(C)(O)[C@H]1O[C@H]1C1=CC(=O)[C@](C)(O)C[C@@H]1O. The molecule has 0 bridgehead atoms. The minimum atomic E-state index is -1.51. The molecule has 0 aromatic rings. The number of carbonyl (C=O) groups is 1. The van der Waals surface area contributed by atoms with Crippen molar-refractivity contribution in [2.75, 3.05) is 0 Å². The van der Waals surface area contributed by atoms with Gasteiger partial charge in [-0.3, -0.25) is 4.79 Å². The van der Waals surface area contributed by atoms with Crippen molar-refractivity contribution >= 4 is 5.78 Å². The fourth-order valence-corrected chi connectivity index (χ4v) is 2.17. The molecule has 17 heavy (non-hydrogen) atoms. The molecule has 4 atom stereocenters. The van der Waals surface area contributed by atoms with Crippen molar-refractivity contribution in [1.82, 2.24) is 0 Å². The van der Waals surface area contributed by atoms with Crippen molar-refractivity contribution in [2.24, 2.45) is 0 Å². The number of rotatable bonds is 2. The van der Waals surface area contributed by atoms with Crippen molar-refractivity contribution in [2.45, 2.75) is 56.7 Å².